The molecule has 1 aromatic rings. The van der Waals surface area contributed by atoms with E-state index < -0.39 is 11.9 Å². The van der Waals surface area contributed by atoms with Crippen molar-refractivity contribution in [2.24, 2.45) is 0 Å². The summed E-state index contributed by atoms with van der Waals surface area (Å²) < 4.78 is 0. The fraction of sp³-hybridized carbons (Fsp3) is 0.375. The van der Waals surface area contributed by atoms with Crippen LogP contribution in [0.5, 0.6) is 0 Å². The number of hydrogen-bond acceptors (Lipinski definition) is 4. The minimum absolute atomic E-state index is 0.0975. The van der Waals surface area contributed by atoms with Crippen LogP contribution in [0.25, 0.3) is 0 Å². The molecule has 25 heavy (non-hydrogen) atoms. The van der Waals surface area contributed by atoms with Crippen molar-refractivity contribution in [3.05, 3.63) is 33.8 Å². The van der Waals surface area contributed by atoms with E-state index in [-0.39, 0.29) is 40.5 Å². The highest BCUT2D eigenvalue weighted by Crippen LogP contribution is 2.24. The molecular formula is C16H17Cl2N3O4. The standard InChI is InChI=1S/C16H17Cl2N3O4/c17-10-3-1-4-11(18)14(10)16(25)20-9-13(23)21-7-2-5-12(21)15(24)19-6-8-22/h1,3-4,8,12H,2,5-7,9H2,(H,19,24)(H,20,25)/t12-/m0/s1. The number of carbonyl (C=O) groups excluding carboxylic acids is 4. The number of likely N-dealkylation sites (tertiary alicyclic amines) is 1. The molecule has 9 heteroatoms. The van der Waals surface area contributed by atoms with Crippen LogP contribution in [0.15, 0.2) is 18.2 Å². The van der Waals surface area contributed by atoms with Crippen LogP contribution >= 0.6 is 23.2 Å². The van der Waals surface area contributed by atoms with Gasteiger partial charge in [-0.15, -0.1) is 0 Å². The molecule has 134 valence electrons. The molecule has 1 aromatic carbocycles. The normalized spacial score (nSPS) is 16.4. The predicted molar refractivity (Wildman–Crippen MR) is 92.6 cm³/mol. The van der Waals surface area contributed by atoms with Crippen molar-refractivity contribution >= 4 is 47.2 Å². The number of nitrogens with one attached hydrogen (secondary N) is 2. The summed E-state index contributed by atoms with van der Waals surface area (Å²) in [5.41, 5.74) is 0.0975. The van der Waals surface area contributed by atoms with Gasteiger partial charge >= 0.3 is 0 Å². The maximum Gasteiger partial charge on any atom is 0.254 e. The Hall–Kier alpha value is -2.12. The zero-order valence-electron chi connectivity index (χ0n) is 13.3. The Morgan fingerprint density at radius 1 is 1.20 bits per heavy atom. The Labute approximate surface area is 154 Å². The lowest BCUT2D eigenvalue weighted by atomic mass is 10.2. The van der Waals surface area contributed by atoms with Gasteiger partial charge in [0.1, 0.15) is 12.3 Å². The molecule has 2 N–H and O–H groups in total. The molecule has 1 heterocycles. The van der Waals surface area contributed by atoms with Crippen LogP contribution in [0.3, 0.4) is 0 Å². The van der Waals surface area contributed by atoms with E-state index in [1.165, 1.54) is 17.0 Å². The van der Waals surface area contributed by atoms with E-state index in [1.54, 1.807) is 6.07 Å². The van der Waals surface area contributed by atoms with Crippen molar-refractivity contribution in [3.8, 4) is 0 Å². The van der Waals surface area contributed by atoms with Gasteiger partial charge < -0.3 is 20.3 Å². The molecule has 7 nitrogen and oxygen atoms in total. The lowest BCUT2D eigenvalue weighted by Gasteiger charge is -2.23. The lowest BCUT2D eigenvalue weighted by Crippen LogP contribution is -2.49. The Morgan fingerprint density at radius 2 is 1.88 bits per heavy atom. The Kier molecular flexibility index (Phi) is 6.78. The second-order valence-corrected chi connectivity index (χ2v) is 6.25. The summed E-state index contributed by atoms with van der Waals surface area (Å²) >= 11 is 11.9. The fourth-order valence-electron chi connectivity index (χ4n) is 2.66. The number of aldehydes is 1. The summed E-state index contributed by atoms with van der Waals surface area (Å²) in [6.45, 7) is 0.0394. The summed E-state index contributed by atoms with van der Waals surface area (Å²) in [7, 11) is 0. The van der Waals surface area contributed by atoms with Gasteiger partial charge in [-0.2, -0.15) is 0 Å². The lowest BCUT2D eigenvalue weighted by molar-refractivity contribution is -0.137. The van der Waals surface area contributed by atoms with E-state index in [0.717, 1.165) is 0 Å². The fourth-order valence-corrected chi connectivity index (χ4v) is 3.23. The molecule has 1 saturated heterocycles. The number of halogens is 2. The molecule has 1 aliphatic heterocycles. The van der Waals surface area contributed by atoms with E-state index >= 15 is 0 Å². The van der Waals surface area contributed by atoms with E-state index in [4.69, 9.17) is 23.2 Å². The second-order valence-electron chi connectivity index (χ2n) is 5.44. The summed E-state index contributed by atoms with van der Waals surface area (Å²) in [5.74, 6) is -1.33. The Morgan fingerprint density at radius 3 is 2.52 bits per heavy atom. The van der Waals surface area contributed by atoms with Gasteiger partial charge in [0.05, 0.1) is 28.7 Å². The predicted octanol–water partition coefficient (Wildman–Crippen LogP) is 1.03. The summed E-state index contributed by atoms with van der Waals surface area (Å²) in [4.78, 5) is 48.3. The maximum atomic E-state index is 12.3. The van der Waals surface area contributed by atoms with Gasteiger partial charge in [0.2, 0.25) is 11.8 Å². The molecule has 2 rings (SSSR count). The third-order valence-electron chi connectivity index (χ3n) is 3.83. The van der Waals surface area contributed by atoms with Crippen LogP contribution in [0.4, 0.5) is 0 Å². The largest absolute Gasteiger partial charge is 0.348 e. The summed E-state index contributed by atoms with van der Waals surface area (Å²) in [5, 5.41) is 5.28. The molecule has 0 radical (unpaired) electrons. The average Bonchev–Trinajstić information content (AvgIpc) is 3.07. The third kappa shape index (κ3) is 4.70. The molecule has 1 aliphatic rings. The molecule has 0 aromatic heterocycles. The van der Waals surface area contributed by atoms with Gasteiger partial charge in [0.15, 0.2) is 0 Å². The highest BCUT2D eigenvalue weighted by atomic mass is 35.5. The van der Waals surface area contributed by atoms with Crippen LogP contribution in [-0.4, -0.2) is 54.6 Å². The van der Waals surface area contributed by atoms with E-state index in [1.807, 2.05) is 0 Å². The van der Waals surface area contributed by atoms with Crippen molar-refractivity contribution < 1.29 is 19.2 Å². The number of benzene rings is 1. The first kappa shape index (κ1) is 19.2. The second kappa shape index (κ2) is 8.82. The van der Waals surface area contributed by atoms with Crippen molar-refractivity contribution in [1.82, 2.24) is 15.5 Å². The van der Waals surface area contributed by atoms with Crippen LogP contribution in [0.2, 0.25) is 10.0 Å². The maximum absolute atomic E-state index is 12.3. The molecule has 0 unspecified atom stereocenters. The van der Waals surface area contributed by atoms with Gasteiger partial charge in [0.25, 0.3) is 5.91 Å². The van der Waals surface area contributed by atoms with Crippen LogP contribution < -0.4 is 10.6 Å². The zero-order valence-corrected chi connectivity index (χ0v) is 14.8. The molecule has 0 saturated carbocycles. The molecular weight excluding hydrogens is 369 g/mol. The molecule has 0 bridgehead atoms. The van der Waals surface area contributed by atoms with Crippen molar-refractivity contribution in [3.63, 3.8) is 0 Å². The monoisotopic (exact) mass is 385 g/mol. The highest BCUT2D eigenvalue weighted by molar-refractivity contribution is 6.39. The number of amides is 3. The number of nitrogens with zero attached hydrogens (tertiary/aromatic N) is 1. The molecule has 0 aliphatic carbocycles. The Balaban J connectivity index is 1.96. The number of carbonyl (C=O) groups is 4. The number of hydrogen-bond donors (Lipinski definition) is 2. The van der Waals surface area contributed by atoms with Crippen molar-refractivity contribution in [2.75, 3.05) is 19.6 Å². The first-order valence-electron chi connectivity index (χ1n) is 7.68. The van der Waals surface area contributed by atoms with Crippen LogP contribution in [0.1, 0.15) is 23.2 Å². The first-order chi connectivity index (χ1) is 12.0. The van der Waals surface area contributed by atoms with Crippen LogP contribution in [-0.2, 0) is 14.4 Å². The molecule has 3 amide bonds. The molecule has 0 spiro atoms. The smallest absolute Gasteiger partial charge is 0.254 e. The zero-order chi connectivity index (χ0) is 18.4. The minimum atomic E-state index is -0.631. The van der Waals surface area contributed by atoms with Crippen molar-refractivity contribution in [2.45, 2.75) is 18.9 Å². The first-order valence-corrected chi connectivity index (χ1v) is 8.44. The summed E-state index contributed by atoms with van der Waals surface area (Å²) in [6.07, 6.45) is 1.77. The van der Waals surface area contributed by atoms with E-state index in [9.17, 15) is 19.2 Å². The van der Waals surface area contributed by atoms with E-state index in [2.05, 4.69) is 10.6 Å². The van der Waals surface area contributed by atoms with Gasteiger partial charge in [-0.05, 0) is 25.0 Å². The molecule has 1 atom stereocenters. The van der Waals surface area contributed by atoms with Crippen molar-refractivity contribution in [1.29, 1.82) is 0 Å². The van der Waals surface area contributed by atoms with Gasteiger partial charge in [0, 0.05) is 6.54 Å². The van der Waals surface area contributed by atoms with Crippen LogP contribution in [0, 0.1) is 0 Å². The van der Waals surface area contributed by atoms with Gasteiger partial charge in [-0.25, -0.2) is 0 Å². The summed E-state index contributed by atoms with van der Waals surface area (Å²) in [6, 6.07) is 4.03. The topological polar surface area (TPSA) is 95.6 Å². The van der Waals surface area contributed by atoms with E-state index in [0.29, 0.717) is 25.7 Å². The van der Waals surface area contributed by atoms with Gasteiger partial charge in [-0.3, -0.25) is 14.4 Å². The number of rotatable bonds is 6. The Bertz CT molecular complexity index is 676. The quantitative estimate of drug-likeness (QED) is 0.714. The molecule has 1 fully saturated rings. The SMILES string of the molecule is O=CCNC(=O)[C@@H]1CCCN1C(=O)CNC(=O)c1c(Cl)cccc1Cl. The highest BCUT2D eigenvalue weighted by Gasteiger charge is 2.33. The minimum Gasteiger partial charge on any atom is -0.348 e. The van der Waals surface area contributed by atoms with Gasteiger partial charge in [-0.1, -0.05) is 29.3 Å². The third-order valence-corrected chi connectivity index (χ3v) is 4.46. The average molecular weight is 386 g/mol.